The second-order valence-corrected chi connectivity index (χ2v) is 4.31. The van der Waals surface area contributed by atoms with Crippen LogP contribution in [0.5, 0.6) is 17.2 Å². The summed E-state index contributed by atoms with van der Waals surface area (Å²) in [5, 5.41) is 3.42. The molecule has 0 fully saturated rings. The molecule has 0 saturated heterocycles. The van der Waals surface area contributed by atoms with Crippen LogP contribution in [-0.2, 0) is 0 Å². The van der Waals surface area contributed by atoms with Crippen molar-refractivity contribution in [1.82, 2.24) is 5.32 Å². The fourth-order valence-electron chi connectivity index (χ4n) is 1.95. The molecule has 1 rings (SSSR count). The van der Waals surface area contributed by atoms with Gasteiger partial charge >= 0.3 is 0 Å². The third kappa shape index (κ3) is 4.07. The molecule has 0 aliphatic rings. The van der Waals surface area contributed by atoms with E-state index in [1.165, 1.54) is 0 Å². The van der Waals surface area contributed by atoms with Crippen LogP contribution in [0.3, 0.4) is 0 Å². The lowest BCUT2D eigenvalue weighted by atomic mass is 10.1. The minimum Gasteiger partial charge on any atom is -0.493 e. The van der Waals surface area contributed by atoms with Gasteiger partial charge in [-0.2, -0.15) is 0 Å². The van der Waals surface area contributed by atoms with Crippen LogP contribution in [0.2, 0.25) is 0 Å². The van der Waals surface area contributed by atoms with Crippen LogP contribution >= 0.6 is 0 Å². The highest BCUT2D eigenvalue weighted by atomic mass is 16.5. The zero-order chi connectivity index (χ0) is 15.0. The lowest BCUT2D eigenvalue weighted by Gasteiger charge is -2.18. The molecule has 1 N–H and O–H groups in total. The van der Waals surface area contributed by atoms with Crippen LogP contribution in [0.15, 0.2) is 12.1 Å². The van der Waals surface area contributed by atoms with E-state index in [0.717, 1.165) is 18.5 Å². The quantitative estimate of drug-likeness (QED) is 0.614. The highest BCUT2D eigenvalue weighted by Crippen LogP contribution is 2.39. The van der Waals surface area contributed by atoms with Gasteiger partial charge in [0.1, 0.15) is 0 Å². The first-order valence-corrected chi connectivity index (χ1v) is 6.60. The highest BCUT2D eigenvalue weighted by Gasteiger charge is 2.15. The van der Waals surface area contributed by atoms with Gasteiger partial charge in [-0.05, 0) is 31.5 Å². The van der Waals surface area contributed by atoms with Crippen LogP contribution in [0.4, 0.5) is 0 Å². The Morgan fingerprint density at radius 2 is 1.70 bits per heavy atom. The lowest BCUT2D eigenvalue weighted by Crippen LogP contribution is -2.19. The summed E-state index contributed by atoms with van der Waals surface area (Å²) in [5.41, 5.74) is 1.09. The van der Waals surface area contributed by atoms with Crippen LogP contribution in [0.25, 0.3) is 0 Å². The summed E-state index contributed by atoms with van der Waals surface area (Å²) in [4.78, 5) is 0. The average Bonchev–Trinajstić information content (AvgIpc) is 2.49. The van der Waals surface area contributed by atoms with E-state index in [1.807, 2.05) is 19.1 Å². The predicted octanol–water partition coefficient (Wildman–Crippen LogP) is 2.78. The Kier molecular flexibility index (Phi) is 6.75. The standard InChI is InChI=1S/C16H23NO3/c1-6-7-8-9-17-12(2)13-10-14(18-3)16(20-5)15(11-13)19-4/h10-12,17H,8-9H2,1-5H3. The maximum atomic E-state index is 5.36. The zero-order valence-electron chi connectivity index (χ0n) is 12.9. The number of benzene rings is 1. The smallest absolute Gasteiger partial charge is 0.203 e. The summed E-state index contributed by atoms with van der Waals surface area (Å²) in [5.74, 6) is 7.88. The molecule has 0 heterocycles. The van der Waals surface area contributed by atoms with Crippen molar-refractivity contribution in [2.75, 3.05) is 27.9 Å². The Balaban J connectivity index is 2.90. The average molecular weight is 277 g/mol. The summed E-state index contributed by atoms with van der Waals surface area (Å²) in [6.45, 7) is 4.79. The van der Waals surface area contributed by atoms with E-state index in [9.17, 15) is 0 Å². The predicted molar refractivity (Wildman–Crippen MR) is 80.6 cm³/mol. The van der Waals surface area contributed by atoms with Crippen molar-refractivity contribution in [2.45, 2.75) is 26.3 Å². The Morgan fingerprint density at radius 3 is 2.15 bits per heavy atom. The van der Waals surface area contributed by atoms with Crippen molar-refractivity contribution in [3.8, 4) is 29.1 Å². The van der Waals surface area contributed by atoms with Crippen molar-refractivity contribution in [3.63, 3.8) is 0 Å². The Morgan fingerprint density at radius 1 is 1.10 bits per heavy atom. The van der Waals surface area contributed by atoms with Crippen molar-refractivity contribution >= 4 is 0 Å². The first kappa shape index (κ1) is 16.2. The highest BCUT2D eigenvalue weighted by molar-refractivity contribution is 5.54. The van der Waals surface area contributed by atoms with Gasteiger partial charge in [0.25, 0.3) is 0 Å². The molecule has 0 aliphatic carbocycles. The second kappa shape index (κ2) is 8.34. The van der Waals surface area contributed by atoms with Crippen LogP contribution in [0, 0.1) is 11.8 Å². The molecule has 0 spiro atoms. The largest absolute Gasteiger partial charge is 0.493 e. The van der Waals surface area contributed by atoms with Crippen LogP contribution in [-0.4, -0.2) is 27.9 Å². The molecule has 0 bridgehead atoms. The topological polar surface area (TPSA) is 39.7 Å². The number of ether oxygens (including phenoxy) is 3. The zero-order valence-corrected chi connectivity index (χ0v) is 12.9. The van der Waals surface area contributed by atoms with E-state index in [1.54, 1.807) is 21.3 Å². The molecule has 20 heavy (non-hydrogen) atoms. The van der Waals surface area contributed by atoms with E-state index in [2.05, 4.69) is 24.1 Å². The fraction of sp³-hybridized carbons (Fsp3) is 0.500. The van der Waals surface area contributed by atoms with Gasteiger partial charge in [-0.3, -0.25) is 0 Å². The first-order chi connectivity index (χ1) is 9.67. The van der Waals surface area contributed by atoms with Gasteiger partial charge in [0.15, 0.2) is 11.5 Å². The maximum Gasteiger partial charge on any atom is 0.203 e. The van der Waals surface area contributed by atoms with Crippen molar-refractivity contribution in [3.05, 3.63) is 17.7 Å². The minimum atomic E-state index is 0.183. The third-order valence-electron chi connectivity index (χ3n) is 3.06. The molecule has 0 saturated carbocycles. The van der Waals surface area contributed by atoms with Gasteiger partial charge in [-0.25, -0.2) is 0 Å². The summed E-state index contributed by atoms with van der Waals surface area (Å²) in [6, 6.07) is 4.11. The van der Waals surface area contributed by atoms with E-state index in [-0.39, 0.29) is 6.04 Å². The monoisotopic (exact) mass is 277 g/mol. The molecule has 0 aliphatic heterocycles. The van der Waals surface area contributed by atoms with Crippen molar-refractivity contribution in [1.29, 1.82) is 0 Å². The molecule has 1 atom stereocenters. The van der Waals surface area contributed by atoms with E-state index >= 15 is 0 Å². The number of hydrogen-bond donors (Lipinski definition) is 1. The van der Waals surface area contributed by atoms with Gasteiger partial charge in [0.2, 0.25) is 5.75 Å². The Labute approximate surface area is 121 Å². The molecule has 0 amide bonds. The number of nitrogens with one attached hydrogen (secondary N) is 1. The Hall–Kier alpha value is -1.86. The number of rotatable bonds is 7. The first-order valence-electron chi connectivity index (χ1n) is 6.60. The summed E-state index contributed by atoms with van der Waals surface area (Å²) < 4.78 is 16.0. The molecule has 0 aromatic heterocycles. The van der Waals surface area contributed by atoms with E-state index in [0.29, 0.717) is 17.2 Å². The minimum absolute atomic E-state index is 0.183. The molecule has 4 heteroatoms. The summed E-state index contributed by atoms with van der Waals surface area (Å²) in [6.07, 6.45) is 0.839. The third-order valence-corrected chi connectivity index (χ3v) is 3.06. The van der Waals surface area contributed by atoms with Gasteiger partial charge in [-0.1, -0.05) is 0 Å². The molecule has 110 valence electrons. The van der Waals surface area contributed by atoms with Gasteiger partial charge in [0.05, 0.1) is 21.3 Å². The van der Waals surface area contributed by atoms with Crippen LogP contribution in [0.1, 0.15) is 31.9 Å². The Bertz CT molecular complexity index is 463. The molecular formula is C16H23NO3. The number of hydrogen-bond acceptors (Lipinski definition) is 4. The van der Waals surface area contributed by atoms with Gasteiger partial charge in [0, 0.05) is 19.0 Å². The summed E-state index contributed by atoms with van der Waals surface area (Å²) in [7, 11) is 4.84. The van der Waals surface area contributed by atoms with Crippen molar-refractivity contribution in [2.24, 2.45) is 0 Å². The fourth-order valence-corrected chi connectivity index (χ4v) is 1.95. The van der Waals surface area contributed by atoms with Crippen molar-refractivity contribution < 1.29 is 14.2 Å². The second-order valence-electron chi connectivity index (χ2n) is 4.31. The molecule has 4 nitrogen and oxygen atoms in total. The van der Waals surface area contributed by atoms with Crippen LogP contribution < -0.4 is 19.5 Å². The van der Waals surface area contributed by atoms with E-state index < -0.39 is 0 Å². The maximum absolute atomic E-state index is 5.36. The molecule has 1 aromatic carbocycles. The molecule has 1 unspecified atom stereocenters. The lowest BCUT2D eigenvalue weighted by molar-refractivity contribution is 0.323. The molecule has 1 aromatic rings. The van der Waals surface area contributed by atoms with E-state index in [4.69, 9.17) is 14.2 Å². The molecule has 0 radical (unpaired) electrons. The normalized spacial score (nSPS) is 11.2. The van der Waals surface area contributed by atoms with Gasteiger partial charge < -0.3 is 19.5 Å². The number of methoxy groups -OCH3 is 3. The van der Waals surface area contributed by atoms with Gasteiger partial charge in [-0.15, -0.1) is 11.8 Å². The molecular weight excluding hydrogens is 254 g/mol. The SMILES string of the molecule is CC#CCCNC(C)c1cc(OC)c(OC)c(OC)c1. The summed E-state index contributed by atoms with van der Waals surface area (Å²) >= 11 is 0.